The van der Waals surface area contributed by atoms with Crippen molar-refractivity contribution < 1.29 is 13.2 Å². The summed E-state index contributed by atoms with van der Waals surface area (Å²) in [6.07, 6.45) is 4.83. The fraction of sp³-hybridized carbons (Fsp3) is 0.111. The number of sulfonamides is 1. The molecule has 3 aromatic rings. The van der Waals surface area contributed by atoms with Crippen molar-refractivity contribution in [1.29, 1.82) is 0 Å². The molecule has 0 unspecified atom stereocenters. The molecule has 134 valence electrons. The van der Waals surface area contributed by atoms with Crippen LogP contribution in [0.15, 0.2) is 67.0 Å². The lowest BCUT2D eigenvalue weighted by molar-refractivity contribution is -0.115. The highest BCUT2D eigenvalue weighted by molar-refractivity contribution is 7.92. The van der Waals surface area contributed by atoms with E-state index < -0.39 is 10.0 Å². The largest absolute Gasteiger partial charge is 0.326 e. The third-order valence-electron chi connectivity index (χ3n) is 3.52. The van der Waals surface area contributed by atoms with Gasteiger partial charge in [-0.05, 0) is 42.0 Å². The maximum Gasteiger partial charge on any atom is 0.229 e. The van der Waals surface area contributed by atoms with Gasteiger partial charge in [0.05, 0.1) is 24.1 Å². The van der Waals surface area contributed by atoms with Gasteiger partial charge in [-0.3, -0.25) is 9.52 Å². The number of anilines is 2. The molecule has 0 aliphatic heterocycles. The zero-order valence-corrected chi connectivity index (χ0v) is 14.9. The number of aromatic nitrogens is 2. The number of hydrogen-bond acceptors (Lipinski definition) is 4. The first-order valence-electron chi connectivity index (χ1n) is 7.86. The molecule has 0 saturated heterocycles. The van der Waals surface area contributed by atoms with E-state index in [1.54, 1.807) is 35.1 Å². The summed E-state index contributed by atoms with van der Waals surface area (Å²) in [5.41, 5.74) is 2.70. The Morgan fingerprint density at radius 2 is 1.81 bits per heavy atom. The van der Waals surface area contributed by atoms with Crippen molar-refractivity contribution in [3.05, 3.63) is 72.6 Å². The molecule has 3 rings (SSSR count). The van der Waals surface area contributed by atoms with Crippen LogP contribution < -0.4 is 10.0 Å². The van der Waals surface area contributed by atoms with Gasteiger partial charge in [-0.25, -0.2) is 13.1 Å². The standard InChI is InChI=1S/C18H18N4O3S/c1-26(24,25)21-16-5-2-4-15(13-16)20-18(23)12-14-6-8-17(9-7-14)22-11-3-10-19-22/h2-11,13,21H,12H2,1H3,(H,20,23). The summed E-state index contributed by atoms with van der Waals surface area (Å²) in [7, 11) is -3.36. The normalized spacial score (nSPS) is 11.1. The lowest BCUT2D eigenvalue weighted by atomic mass is 10.1. The molecule has 26 heavy (non-hydrogen) atoms. The van der Waals surface area contributed by atoms with E-state index in [9.17, 15) is 13.2 Å². The van der Waals surface area contributed by atoms with Crippen molar-refractivity contribution in [2.24, 2.45) is 0 Å². The molecule has 0 spiro atoms. The first-order valence-corrected chi connectivity index (χ1v) is 9.75. The molecule has 0 atom stereocenters. The van der Waals surface area contributed by atoms with E-state index in [4.69, 9.17) is 0 Å². The molecule has 1 aromatic heterocycles. The van der Waals surface area contributed by atoms with Crippen LogP contribution in [0.1, 0.15) is 5.56 Å². The average molecular weight is 370 g/mol. The molecular formula is C18H18N4O3S. The molecule has 8 heteroatoms. The summed E-state index contributed by atoms with van der Waals surface area (Å²) < 4.78 is 26.7. The molecule has 2 N–H and O–H groups in total. The van der Waals surface area contributed by atoms with Gasteiger partial charge < -0.3 is 5.32 Å². The summed E-state index contributed by atoms with van der Waals surface area (Å²) in [5, 5.41) is 6.92. The van der Waals surface area contributed by atoms with Crippen LogP contribution in [0.4, 0.5) is 11.4 Å². The Kier molecular flexibility index (Phi) is 5.04. The quantitative estimate of drug-likeness (QED) is 0.697. The van der Waals surface area contributed by atoms with E-state index in [0.717, 1.165) is 17.5 Å². The molecule has 7 nitrogen and oxygen atoms in total. The zero-order valence-electron chi connectivity index (χ0n) is 14.1. The minimum absolute atomic E-state index is 0.187. The first-order chi connectivity index (χ1) is 12.4. The lowest BCUT2D eigenvalue weighted by Crippen LogP contribution is -2.15. The fourth-order valence-electron chi connectivity index (χ4n) is 2.45. The third-order valence-corrected chi connectivity index (χ3v) is 4.13. The van der Waals surface area contributed by atoms with Crippen LogP contribution in [-0.2, 0) is 21.2 Å². The Morgan fingerprint density at radius 3 is 2.46 bits per heavy atom. The van der Waals surface area contributed by atoms with Gasteiger partial charge in [0.2, 0.25) is 15.9 Å². The van der Waals surface area contributed by atoms with Gasteiger partial charge in [-0.2, -0.15) is 5.10 Å². The molecule has 0 radical (unpaired) electrons. The maximum atomic E-state index is 12.2. The van der Waals surface area contributed by atoms with Crippen molar-refractivity contribution in [3.8, 4) is 5.69 Å². The smallest absolute Gasteiger partial charge is 0.229 e. The number of amides is 1. The minimum Gasteiger partial charge on any atom is -0.326 e. The second-order valence-corrected chi connectivity index (χ2v) is 7.55. The number of carbonyl (C=O) groups is 1. The van der Waals surface area contributed by atoms with E-state index in [2.05, 4.69) is 15.1 Å². The van der Waals surface area contributed by atoms with Gasteiger partial charge in [-0.1, -0.05) is 18.2 Å². The van der Waals surface area contributed by atoms with Crippen molar-refractivity contribution >= 4 is 27.3 Å². The van der Waals surface area contributed by atoms with Crippen molar-refractivity contribution in [3.63, 3.8) is 0 Å². The highest BCUT2D eigenvalue weighted by atomic mass is 32.2. The van der Waals surface area contributed by atoms with E-state index in [-0.39, 0.29) is 12.3 Å². The van der Waals surface area contributed by atoms with Crippen LogP contribution in [0.3, 0.4) is 0 Å². The molecule has 0 bridgehead atoms. The Bertz CT molecular complexity index is 997. The number of benzene rings is 2. The summed E-state index contributed by atoms with van der Waals surface area (Å²) in [6, 6.07) is 15.9. The summed E-state index contributed by atoms with van der Waals surface area (Å²) >= 11 is 0. The minimum atomic E-state index is -3.36. The van der Waals surface area contributed by atoms with Gasteiger partial charge in [0.25, 0.3) is 0 Å². The van der Waals surface area contributed by atoms with E-state index in [1.165, 1.54) is 0 Å². The van der Waals surface area contributed by atoms with Gasteiger partial charge >= 0.3 is 0 Å². The Labute approximate surface area is 151 Å². The highest BCUT2D eigenvalue weighted by Gasteiger charge is 2.07. The van der Waals surface area contributed by atoms with Gasteiger partial charge in [-0.15, -0.1) is 0 Å². The first kappa shape index (κ1) is 17.7. The molecule has 0 saturated carbocycles. The van der Waals surface area contributed by atoms with Crippen molar-refractivity contribution in [1.82, 2.24) is 9.78 Å². The van der Waals surface area contributed by atoms with Crippen LogP contribution >= 0.6 is 0 Å². The monoisotopic (exact) mass is 370 g/mol. The van der Waals surface area contributed by atoms with Crippen LogP contribution in [0.5, 0.6) is 0 Å². The van der Waals surface area contributed by atoms with Gasteiger partial charge in [0, 0.05) is 18.1 Å². The number of carbonyl (C=O) groups excluding carboxylic acids is 1. The van der Waals surface area contributed by atoms with Gasteiger partial charge in [0.15, 0.2) is 0 Å². The van der Waals surface area contributed by atoms with Gasteiger partial charge in [0.1, 0.15) is 0 Å². The van der Waals surface area contributed by atoms with Crippen molar-refractivity contribution in [2.45, 2.75) is 6.42 Å². The van der Waals surface area contributed by atoms with E-state index >= 15 is 0 Å². The number of nitrogens with one attached hydrogen (secondary N) is 2. The Balaban J connectivity index is 1.63. The molecular weight excluding hydrogens is 352 g/mol. The van der Waals surface area contributed by atoms with E-state index in [1.807, 2.05) is 36.5 Å². The lowest BCUT2D eigenvalue weighted by Gasteiger charge is -2.09. The molecule has 0 fully saturated rings. The summed E-state index contributed by atoms with van der Waals surface area (Å²) in [6.45, 7) is 0. The predicted molar refractivity (Wildman–Crippen MR) is 101 cm³/mol. The Hall–Kier alpha value is -3.13. The molecule has 1 heterocycles. The summed E-state index contributed by atoms with van der Waals surface area (Å²) in [5.74, 6) is -0.187. The van der Waals surface area contributed by atoms with Crippen LogP contribution in [0.25, 0.3) is 5.69 Å². The van der Waals surface area contributed by atoms with Crippen molar-refractivity contribution in [2.75, 3.05) is 16.3 Å². The predicted octanol–water partition coefficient (Wildman–Crippen LogP) is 2.43. The number of nitrogens with zero attached hydrogens (tertiary/aromatic N) is 2. The van der Waals surface area contributed by atoms with Crippen LogP contribution in [0, 0.1) is 0 Å². The molecule has 0 aliphatic rings. The summed E-state index contributed by atoms with van der Waals surface area (Å²) in [4.78, 5) is 12.2. The topological polar surface area (TPSA) is 93.1 Å². The maximum absolute atomic E-state index is 12.2. The molecule has 0 aliphatic carbocycles. The number of rotatable bonds is 6. The Morgan fingerprint density at radius 1 is 1.08 bits per heavy atom. The molecule has 2 aromatic carbocycles. The zero-order chi connectivity index (χ0) is 18.6. The second kappa shape index (κ2) is 7.40. The SMILES string of the molecule is CS(=O)(=O)Nc1cccc(NC(=O)Cc2ccc(-n3cccn3)cc2)c1. The average Bonchev–Trinajstić information content (AvgIpc) is 3.08. The third kappa shape index (κ3) is 4.93. The fourth-order valence-corrected chi connectivity index (χ4v) is 3.01. The number of hydrogen-bond donors (Lipinski definition) is 2. The van der Waals surface area contributed by atoms with Crippen LogP contribution in [-0.4, -0.2) is 30.4 Å². The molecule has 1 amide bonds. The van der Waals surface area contributed by atoms with E-state index in [0.29, 0.717) is 11.4 Å². The van der Waals surface area contributed by atoms with Crippen LogP contribution in [0.2, 0.25) is 0 Å². The highest BCUT2D eigenvalue weighted by Crippen LogP contribution is 2.17. The second-order valence-electron chi connectivity index (χ2n) is 5.80.